The number of aliphatic hydroxyl groups excluding tert-OH is 9. The van der Waals surface area contributed by atoms with E-state index in [9.17, 15) is 46.0 Å². The molecule has 25 atom stereocenters. The van der Waals surface area contributed by atoms with Gasteiger partial charge in [0.25, 0.3) is 0 Å². The van der Waals surface area contributed by atoms with Crippen molar-refractivity contribution in [1.29, 1.82) is 0 Å². The number of rotatable bonds is 8. The minimum absolute atomic E-state index is 0.0807. The van der Waals surface area contributed by atoms with E-state index in [1.165, 1.54) is 0 Å². The zero-order valence-electron chi connectivity index (χ0n) is 35.6. The van der Waals surface area contributed by atoms with Crippen LogP contribution in [0.15, 0.2) is 12.2 Å². The van der Waals surface area contributed by atoms with Crippen LogP contribution in [0.2, 0.25) is 0 Å². The molecule has 0 amide bonds. The summed E-state index contributed by atoms with van der Waals surface area (Å²) in [7, 11) is 0. The molecule has 4 saturated carbocycles. The van der Waals surface area contributed by atoms with Gasteiger partial charge < -0.3 is 83.9 Å². The second-order valence-electron chi connectivity index (χ2n) is 20.7. The minimum Gasteiger partial charge on any atom is -0.394 e. The molecular formula is C44H70O17. The Morgan fingerprint density at radius 3 is 2.10 bits per heavy atom. The summed E-state index contributed by atoms with van der Waals surface area (Å²) in [5, 5.41) is 95.1. The molecule has 17 nitrogen and oxygen atoms in total. The van der Waals surface area contributed by atoms with Crippen LogP contribution in [0.25, 0.3) is 0 Å². The van der Waals surface area contributed by atoms with Gasteiger partial charge in [-0.3, -0.25) is 0 Å². The molecule has 0 bridgehead atoms. The first-order chi connectivity index (χ1) is 29.0. The predicted octanol–water partition coefficient (Wildman–Crippen LogP) is -0.174. The molecule has 9 N–H and O–H groups in total. The quantitative estimate of drug-likeness (QED) is 0.113. The SMILES string of the molecule is C=C1CC[C@@]2(OC1)O[C@H]1CC3[C@@H]4CC[C@@H]5C[C@@H](O[C@@H]6O[C@H](CO)[C@@H](O)[C@H](O[C@@H]7OC[C@@H](O)[C@H](O)[C@H]7O)[C@H]6O[C@@H]6O[C@H](CO)[C@@H](O)[C@H](O)[C@H]6O)CC[C@]5(C)C4CC[C@]3(C)[C@H]1[C@@H]2C. The molecule has 9 aliphatic rings. The Morgan fingerprint density at radius 1 is 0.689 bits per heavy atom. The Morgan fingerprint density at radius 2 is 1.38 bits per heavy atom. The first-order valence-corrected chi connectivity index (χ1v) is 22.9. The number of ether oxygens (including phenoxy) is 8. The van der Waals surface area contributed by atoms with Gasteiger partial charge in [-0.2, -0.15) is 0 Å². The first kappa shape index (κ1) is 45.2. The smallest absolute Gasteiger partial charge is 0.187 e. The van der Waals surface area contributed by atoms with Gasteiger partial charge in [0.2, 0.25) is 0 Å². The van der Waals surface area contributed by atoms with E-state index in [1.807, 2.05) is 0 Å². The van der Waals surface area contributed by atoms with Gasteiger partial charge in [0, 0.05) is 12.3 Å². The number of hydrogen-bond acceptors (Lipinski definition) is 17. The average Bonchev–Trinajstić information content (AvgIpc) is 3.69. The highest BCUT2D eigenvalue weighted by Crippen LogP contribution is 2.71. The summed E-state index contributed by atoms with van der Waals surface area (Å²) >= 11 is 0. The molecule has 1 spiro atoms. The van der Waals surface area contributed by atoms with Crippen LogP contribution >= 0.6 is 0 Å². The van der Waals surface area contributed by atoms with Crippen molar-refractivity contribution >= 4 is 0 Å². The van der Waals surface area contributed by atoms with Gasteiger partial charge in [-0.05, 0) is 98.2 Å². The van der Waals surface area contributed by atoms with E-state index in [2.05, 4.69) is 27.4 Å². The monoisotopic (exact) mass is 870 g/mol. The van der Waals surface area contributed by atoms with Gasteiger partial charge in [-0.15, -0.1) is 0 Å². The van der Waals surface area contributed by atoms with Gasteiger partial charge in [-0.25, -0.2) is 0 Å². The molecule has 348 valence electrons. The number of fused-ring (bicyclic) bond motifs is 7. The van der Waals surface area contributed by atoms with Crippen LogP contribution in [0, 0.1) is 46.3 Å². The summed E-state index contributed by atoms with van der Waals surface area (Å²) in [5.41, 5.74) is 1.41. The van der Waals surface area contributed by atoms with E-state index in [-0.39, 0.29) is 23.0 Å². The van der Waals surface area contributed by atoms with Crippen LogP contribution in [0.5, 0.6) is 0 Å². The van der Waals surface area contributed by atoms with Gasteiger partial charge in [0.15, 0.2) is 24.7 Å². The fraction of sp³-hybridized carbons (Fsp3) is 0.955. The maximum atomic E-state index is 11.5. The molecule has 0 radical (unpaired) electrons. The fourth-order valence-electron chi connectivity index (χ4n) is 14.2. The highest BCUT2D eigenvalue weighted by atomic mass is 16.8. The van der Waals surface area contributed by atoms with Gasteiger partial charge in [0.1, 0.15) is 67.1 Å². The molecule has 5 heterocycles. The van der Waals surface area contributed by atoms with Crippen molar-refractivity contribution in [2.45, 2.75) is 189 Å². The van der Waals surface area contributed by atoms with Crippen molar-refractivity contribution in [3.63, 3.8) is 0 Å². The summed E-state index contributed by atoms with van der Waals surface area (Å²) in [5.74, 6) is 2.37. The van der Waals surface area contributed by atoms with E-state index in [1.54, 1.807) is 0 Å². The summed E-state index contributed by atoms with van der Waals surface area (Å²) in [6, 6.07) is 0. The third-order valence-corrected chi connectivity index (χ3v) is 17.6. The Labute approximate surface area is 357 Å². The molecule has 5 saturated heterocycles. The van der Waals surface area contributed by atoms with E-state index in [0.29, 0.717) is 48.5 Å². The molecule has 4 aliphatic carbocycles. The van der Waals surface area contributed by atoms with Crippen LogP contribution in [-0.2, 0) is 37.9 Å². The lowest BCUT2D eigenvalue weighted by molar-refractivity contribution is -0.392. The number of aliphatic hydroxyl groups is 9. The average molecular weight is 871 g/mol. The summed E-state index contributed by atoms with van der Waals surface area (Å²) in [6.07, 6.45) is -12.3. The Balaban J connectivity index is 0.918. The van der Waals surface area contributed by atoms with Crippen molar-refractivity contribution < 1.29 is 83.9 Å². The molecule has 0 aromatic carbocycles. The molecule has 0 aromatic rings. The lowest BCUT2D eigenvalue weighted by Crippen LogP contribution is -2.67. The van der Waals surface area contributed by atoms with Gasteiger partial charge in [-0.1, -0.05) is 32.9 Å². The standard InChI is InChI=1S/C44H70O17/c1-19-7-12-44(55-17-19)20(2)30-27(61-44)14-25-23-6-5-21-13-22(8-10-42(21,3)24(23)9-11-43(25,30)4)56-41-38(60-40-36(53)34(51)32(49)28(15-45)57-40)37(33(50)29(16-46)58-41)59-39-35(52)31(48)26(47)18-54-39/h20-41,45-53H,1,5-18H2,2-4H3/t20-,21+,22-,23+,24?,25?,26+,27-,28+,29+,30-,31-,32+,33+,34-,35+,36+,37-,38+,39-,40-,41+,42-,43-,44+/m0/s1. The third kappa shape index (κ3) is 7.51. The normalized spacial score (nSPS) is 57.3. The van der Waals surface area contributed by atoms with Crippen molar-refractivity contribution in [2.75, 3.05) is 26.4 Å². The van der Waals surface area contributed by atoms with Crippen LogP contribution < -0.4 is 0 Å². The summed E-state index contributed by atoms with van der Waals surface area (Å²) in [6.45, 7) is 10.3. The molecule has 5 aliphatic heterocycles. The maximum Gasteiger partial charge on any atom is 0.187 e. The lowest BCUT2D eigenvalue weighted by Gasteiger charge is -2.61. The molecule has 9 fully saturated rings. The van der Waals surface area contributed by atoms with Crippen LogP contribution in [0.4, 0.5) is 0 Å². The molecule has 61 heavy (non-hydrogen) atoms. The van der Waals surface area contributed by atoms with Crippen molar-refractivity contribution in [1.82, 2.24) is 0 Å². The Bertz CT molecular complexity index is 1560. The molecule has 0 aromatic heterocycles. The second-order valence-corrected chi connectivity index (χ2v) is 20.7. The van der Waals surface area contributed by atoms with E-state index < -0.39 is 112 Å². The Kier molecular flexibility index (Phi) is 12.6. The zero-order valence-corrected chi connectivity index (χ0v) is 35.6. The Hall–Kier alpha value is -0.940. The van der Waals surface area contributed by atoms with Crippen LogP contribution in [-0.4, -0.2) is 176 Å². The highest BCUT2D eigenvalue weighted by Gasteiger charge is 2.69. The summed E-state index contributed by atoms with van der Waals surface area (Å²) < 4.78 is 49.9. The first-order valence-electron chi connectivity index (χ1n) is 22.9. The van der Waals surface area contributed by atoms with Gasteiger partial charge in [0.05, 0.1) is 38.6 Å². The van der Waals surface area contributed by atoms with Crippen molar-refractivity contribution in [2.24, 2.45) is 46.3 Å². The second kappa shape index (κ2) is 17.0. The zero-order chi connectivity index (χ0) is 43.3. The topological polar surface area (TPSA) is 256 Å². The fourth-order valence-corrected chi connectivity index (χ4v) is 14.2. The largest absolute Gasteiger partial charge is 0.394 e. The van der Waals surface area contributed by atoms with Gasteiger partial charge >= 0.3 is 0 Å². The van der Waals surface area contributed by atoms with E-state index >= 15 is 0 Å². The maximum absolute atomic E-state index is 11.5. The van der Waals surface area contributed by atoms with Crippen molar-refractivity contribution in [3.05, 3.63) is 12.2 Å². The van der Waals surface area contributed by atoms with E-state index in [0.717, 1.165) is 63.4 Å². The van der Waals surface area contributed by atoms with Crippen molar-refractivity contribution in [3.8, 4) is 0 Å². The summed E-state index contributed by atoms with van der Waals surface area (Å²) in [4.78, 5) is 0. The minimum atomic E-state index is -1.82. The number of hydrogen-bond donors (Lipinski definition) is 9. The van der Waals surface area contributed by atoms with Crippen LogP contribution in [0.3, 0.4) is 0 Å². The molecule has 9 rings (SSSR count). The molecular weight excluding hydrogens is 800 g/mol. The van der Waals surface area contributed by atoms with Crippen LogP contribution in [0.1, 0.15) is 85.0 Å². The molecule has 17 heteroatoms. The predicted molar refractivity (Wildman–Crippen MR) is 210 cm³/mol. The van der Waals surface area contributed by atoms with E-state index in [4.69, 9.17) is 37.9 Å². The molecule has 2 unspecified atom stereocenters. The highest BCUT2D eigenvalue weighted by molar-refractivity contribution is 5.16. The lowest BCUT2D eigenvalue weighted by atomic mass is 9.44. The third-order valence-electron chi connectivity index (χ3n) is 17.6.